The first-order valence-electron chi connectivity index (χ1n) is 8.02. The van der Waals surface area contributed by atoms with Crippen molar-refractivity contribution < 1.29 is 4.74 Å². The minimum atomic E-state index is 0.387. The van der Waals surface area contributed by atoms with E-state index in [1.165, 1.54) is 31.2 Å². The quantitative estimate of drug-likeness (QED) is 0.880. The van der Waals surface area contributed by atoms with E-state index in [1.807, 2.05) is 0 Å². The summed E-state index contributed by atoms with van der Waals surface area (Å²) in [7, 11) is 0. The third-order valence-corrected chi connectivity index (χ3v) is 5.24. The van der Waals surface area contributed by atoms with Gasteiger partial charge in [-0.1, -0.05) is 32.0 Å². The summed E-state index contributed by atoms with van der Waals surface area (Å²) in [6.45, 7) is 5.64. The van der Waals surface area contributed by atoms with Crippen LogP contribution in [0.2, 0.25) is 0 Å². The Labute approximate surface area is 122 Å². The normalized spacial score (nSPS) is 32.2. The number of ether oxygens (including phenoxy) is 1. The fraction of sp³-hybridized carbons (Fsp3) is 0.667. The standard InChI is InChI=1S/C18H27NO/c1-18(2)9-7-16(19)14(12-18)11-13-8-10-20-17-6-4-3-5-15(13)17/h3-6,13-14,16H,7-12,19H2,1-2H3. The molecule has 2 nitrogen and oxygen atoms in total. The molecule has 3 atom stereocenters. The average Bonchev–Trinajstić information content (AvgIpc) is 2.43. The van der Waals surface area contributed by atoms with E-state index in [1.54, 1.807) is 0 Å². The van der Waals surface area contributed by atoms with Crippen LogP contribution in [-0.4, -0.2) is 12.6 Å². The summed E-state index contributed by atoms with van der Waals surface area (Å²) in [5, 5.41) is 0. The van der Waals surface area contributed by atoms with Crippen molar-refractivity contribution in [3.8, 4) is 5.75 Å². The van der Waals surface area contributed by atoms with Crippen LogP contribution in [0.15, 0.2) is 24.3 Å². The van der Waals surface area contributed by atoms with E-state index in [9.17, 15) is 0 Å². The van der Waals surface area contributed by atoms with Gasteiger partial charge in [-0.2, -0.15) is 0 Å². The molecule has 0 amide bonds. The molecule has 20 heavy (non-hydrogen) atoms. The Morgan fingerprint density at radius 3 is 2.90 bits per heavy atom. The summed E-state index contributed by atoms with van der Waals surface area (Å²) in [5.74, 6) is 2.38. The maximum Gasteiger partial charge on any atom is 0.122 e. The first-order chi connectivity index (χ1) is 9.55. The van der Waals surface area contributed by atoms with Crippen molar-refractivity contribution in [1.82, 2.24) is 0 Å². The molecule has 0 spiro atoms. The van der Waals surface area contributed by atoms with E-state index >= 15 is 0 Å². The van der Waals surface area contributed by atoms with E-state index in [-0.39, 0.29) is 0 Å². The second kappa shape index (κ2) is 5.40. The van der Waals surface area contributed by atoms with Gasteiger partial charge in [-0.05, 0) is 61.0 Å². The van der Waals surface area contributed by atoms with Crippen molar-refractivity contribution in [2.45, 2.75) is 57.9 Å². The molecule has 3 rings (SSSR count). The highest BCUT2D eigenvalue weighted by Crippen LogP contribution is 2.44. The van der Waals surface area contributed by atoms with E-state index < -0.39 is 0 Å². The third kappa shape index (κ3) is 2.85. The summed E-state index contributed by atoms with van der Waals surface area (Å²) in [5.41, 5.74) is 8.27. The van der Waals surface area contributed by atoms with Crippen LogP contribution in [0.3, 0.4) is 0 Å². The second-order valence-corrected chi connectivity index (χ2v) is 7.44. The molecule has 2 N–H and O–H groups in total. The van der Waals surface area contributed by atoms with Crippen molar-refractivity contribution in [1.29, 1.82) is 0 Å². The lowest BCUT2D eigenvalue weighted by molar-refractivity contribution is 0.137. The number of fused-ring (bicyclic) bond motifs is 1. The Morgan fingerprint density at radius 2 is 2.05 bits per heavy atom. The molecule has 1 aliphatic carbocycles. The number of para-hydroxylation sites is 1. The predicted octanol–water partition coefficient (Wildman–Crippen LogP) is 4.10. The van der Waals surface area contributed by atoms with Crippen molar-refractivity contribution in [2.75, 3.05) is 6.61 Å². The summed E-state index contributed by atoms with van der Waals surface area (Å²) < 4.78 is 5.78. The van der Waals surface area contributed by atoms with Gasteiger partial charge in [0.05, 0.1) is 6.61 Å². The first kappa shape index (κ1) is 13.9. The van der Waals surface area contributed by atoms with Crippen LogP contribution in [-0.2, 0) is 0 Å². The van der Waals surface area contributed by atoms with Gasteiger partial charge in [0.25, 0.3) is 0 Å². The lowest BCUT2D eigenvalue weighted by Gasteiger charge is -2.41. The fourth-order valence-corrected chi connectivity index (χ4v) is 4.04. The largest absolute Gasteiger partial charge is 0.493 e. The number of hydrogen-bond donors (Lipinski definition) is 1. The minimum Gasteiger partial charge on any atom is -0.493 e. The van der Waals surface area contributed by atoms with Gasteiger partial charge in [0.1, 0.15) is 5.75 Å². The lowest BCUT2D eigenvalue weighted by Crippen LogP contribution is -2.40. The maximum atomic E-state index is 6.41. The van der Waals surface area contributed by atoms with Crippen LogP contribution < -0.4 is 10.5 Å². The van der Waals surface area contributed by atoms with Crippen molar-refractivity contribution >= 4 is 0 Å². The smallest absolute Gasteiger partial charge is 0.122 e. The molecule has 1 fully saturated rings. The van der Waals surface area contributed by atoms with Crippen molar-refractivity contribution in [3.05, 3.63) is 29.8 Å². The van der Waals surface area contributed by atoms with Gasteiger partial charge in [0.15, 0.2) is 0 Å². The van der Waals surface area contributed by atoms with Crippen molar-refractivity contribution in [3.63, 3.8) is 0 Å². The highest BCUT2D eigenvalue weighted by molar-refractivity contribution is 5.37. The number of benzene rings is 1. The molecule has 0 saturated heterocycles. The van der Waals surface area contributed by atoms with Gasteiger partial charge in [0.2, 0.25) is 0 Å². The Kier molecular flexibility index (Phi) is 3.76. The molecule has 110 valence electrons. The Morgan fingerprint density at radius 1 is 1.25 bits per heavy atom. The van der Waals surface area contributed by atoms with Gasteiger partial charge >= 0.3 is 0 Å². The van der Waals surface area contributed by atoms with E-state index in [0.29, 0.717) is 23.3 Å². The number of hydrogen-bond acceptors (Lipinski definition) is 2. The van der Waals surface area contributed by atoms with E-state index in [2.05, 4.69) is 38.1 Å². The molecule has 2 heteroatoms. The molecule has 2 aliphatic rings. The van der Waals surface area contributed by atoms with Crippen LogP contribution in [0, 0.1) is 11.3 Å². The molecule has 0 aromatic heterocycles. The molecule has 1 aromatic rings. The fourth-order valence-electron chi connectivity index (χ4n) is 4.04. The zero-order valence-electron chi connectivity index (χ0n) is 12.8. The van der Waals surface area contributed by atoms with Crippen LogP contribution in [0.5, 0.6) is 5.75 Å². The molecule has 1 saturated carbocycles. The molecule has 1 heterocycles. The zero-order chi connectivity index (χ0) is 14.2. The highest BCUT2D eigenvalue weighted by Gasteiger charge is 2.35. The molecular formula is C18H27NO. The maximum absolute atomic E-state index is 6.41. The number of rotatable bonds is 2. The Hall–Kier alpha value is -1.02. The molecule has 3 unspecified atom stereocenters. The van der Waals surface area contributed by atoms with Gasteiger partial charge in [-0.15, -0.1) is 0 Å². The summed E-state index contributed by atoms with van der Waals surface area (Å²) in [4.78, 5) is 0. The highest BCUT2D eigenvalue weighted by atomic mass is 16.5. The van der Waals surface area contributed by atoms with Gasteiger partial charge in [0, 0.05) is 6.04 Å². The predicted molar refractivity (Wildman–Crippen MR) is 83.0 cm³/mol. The molecule has 1 aliphatic heterocycles. The first-order valence-corrected chi connectivity index (χ1v) is 8.02. The summed E-state index contributed by atoms with van der Waals surface area (Å²) in [6.07, 6.45) is 6.09. The van der Waals surface area contributed by atoms with Gasteiger partial charge in [-0.3, -0.25) is 0 Å². The summed E-state index contributed by atoms with van der Waals surface area (Å²) in [6, 6.07) is 8.92. The van der Waals surface area contributed by atoms with E-state index in [0.717, 1.165) is 18.8 Å². The van der Waals surface area contributed by atoms with Gasteiger partial charge in [-0.25, -0.2) is 0 Å². The monoisotopic (exact) mass is 273 g/mol. The molecule has 0 bridgehead atoms. The van der Waals surface area contributed by atoms with Crippen LogP contribution in [0.4, 0.5) is 0 Å². The van der Waals surface area contributed by atoms with Crippen LogP contribution in [0.25, 0.3) is 0 Å². The number of nitrogens with two attached hydrogens (primary N) is 1. The van der Waals surface area contributed by atoms with Crippen molar-refractivity contribution in [2.24, 2.45) is 17.1 Å². The minimum absolute atomic E-state index is 0.387. The molecule has 1 aromatic carbocycles. The average molecular weight is 273 g/mol. The Balaban J connectivity index is 1.75. The summed E-state index contributed by atoms with van der Waals surface area (Å²) >= 11 is 0. The van der Waals surface area contributed by atoms with E-state index in [4.69, 9.17) is 10.5 Å². The SMILES string of the molecule is CC1(C)CCC(N)C(CC2CCOc3ccccc32)C1. The molecule has 0 radical (unpaired) electrons. The molecular weight excluding hydrogens is 246 g/mol. The third-order valence-electron chi connectivity index (χ3n) is 5.24. The Bertz CT molecular complexity index is 468. The second-order valence-electron chi connectivity index (χ2n) is 7.44. The van der Waals surface area contributed by atoms with Crippen LogP contribution >= 0.6 is 0 Å². The lowest BCUT2D eigenvalue weighted by atomic mass is 9.67. The topological polar surface area (TPSA) is 35.2 Å². The van der Waals surface area contributed by atoms with Crippen LogP contribution in [0.1, 0.15) is 57.4 Å². The zero-order valence-corrected chi connectivity index (χ0v) is 12.8. The van der Waals surface area contributed by atoms with Gasteiger partial charge < -0.3 is 10.5 Å².